The van der Waals surface area contributed by atoms with Gasteiger partial charge in [0, 0.05) is 18.8 Å². The van der Waals surface area contributed by atoms with Gasteiger partial charge in [-0.1, -0.05) is 52.2 Å². The molecule has 0 heterocycles. The molecule has 0 atom stereocenters. The zero-order valence-electron chi connectivity index (χ0n) is 17.6. The SMILES string of the molecule is C=C.C=C(C)C(C)(C)F.C=CC(=C)N(CCC)C/C(C)=C/C.CC. The predicted molar refractivity (Wildman–Crippen MR) is 113 cm³/mol. The first-order valence-corrected chi connectivity index (χ1v) is 8.63. The summed E-state index contributed by atoms with van der Waals surface area (Å²) < 4.78 is 12.4. The quantitative estimate of drug-likeness (QED) is 0.343. The van der Waals surface area contributed by atoms with E-state index in [9.17, 15) is 4.39 Å². The van der Waals surface area contributed by atoms with Crippen LogP contribution in [-0.4, -0.2) is 23.7 Å². The Hall–Kier alpha value is -1.57. The van der Waals surface area contributed by atoms with Crippen molar-refractivity contribution in [1.29, 1.82) is 0 Å². The van der Waals surface area contributed by atoms with Gasteiger partial charge in [0.15, 0.2) is 0 Å². The van der Waals surface area contributed by atoms with Crippen LogP contribution in [-0.2, 0) is 0 Å². The van der Waals surface area contributed by atoms with Crippen molar-refractivity contribution >= 4 is 0 Å². The number of halogens is 1. The van der Waals surface area contributed by atoms with Crippen LogP contribution in [0.25, 0.3) is 0 Å². The van der Waals surface area contributed by atoms with Crippen molar-refractivity contribution in [3.8, 4) is 0 Å². The highest BCUT2D eigenvalue weighted by atomic mass is 19.1. The molecule has 1 nitrogen and oxygen atoms in total. The van der Waals surface area contributed by atoms with Crippen LogP contribution in [0.4, 0.5) is 4.39 Å². The number of hydrogen-bond acceptors (Lipinski definition) is 1. The third-order valence-electron chi connectivity index (χ3n) is 3.08. The first-order valence-electron chi connectivity index (χ1n) is 8.63. The molecule has 0 saturated carbocycles. The maximum atomic E-state index is 12.4. The van der Waals surface area contributed by atoms with Gasteiger partial charge in [-0.25, -0.2) is 4.39 Å². The second-order valence-electron chi connectivity index (χ2n) is 5.50. The van der Waals surface area contributed by atoms with Crippen LogP contribution >= 0.6 is 0 Å². The summed E-state index contributed by atoms with van der Waals surface area (Å²) in [4.78, 5) is 2.25. The van der Waals surface area contributed by atoms with Gasteiger partial charge < -0.3 is 4.90 Å². The molecule has 0 aromatic rings. The zero-order chi connectivity index (χ0) is 20.3. The summed E-state index contributed by atoms with van der Waals surface area (Å²) in [6, 6.07) is 0. The summed E-state index contributed by atoms with van der Waals surface area (Å²) in [6.45, 7) is 34.2. The van der Waals surface area contributed by atoms with Crippen LogP contribution in [0.15, 0.2) is 61.9 Å². The van der Waals surface area contributed by atoms with Gasteiger partial charge >= 0.3 is 0 Å². The maximum Gasteiger partial charge on any atom is 0.125 e. The van der Waals surface area contributed by atoms with Crippen molar-refractivity contribution in [3.63, 3.8) is 0 Å². The highest BCUT2D eigenvalue weighted by Gasteiger charge is 2.14. The molecule has 0 aromatic carbocycles. The lowest BCUT2D eigenvalue weighted by Crippen LogP contribution is -2.24. The third-order valence-corrected chi connectivity index (χ3v) is 3.08. The second kappa shape index (κ2) is 19.5. The fraction of sp³-hybridized carbons (Fsp3) is 0.545. The molecular formula is C22H42FN. The van der Waals surface area contributed by atoms with E-state index in [2.05, 4.69) is 64.6 Å². The van der Waals surface area contributed by atoms with Crippen molar-refractivity contribution in [2.45, 2.75) is 67.5 Å². The summed E-state index contributed by atoms with van der Waals surface area (Å²) in [5.41, 5.74) is 1.77. The van der Waals surface area contributed by atoms with Gasteiger partial charge in [0.05, 0.1) is 0 Å². The molecule has 24 heavy (non-hydrogen) atoms. The Kier molecular flexibility index (Phi) is 24.6. The molecule has 0 radical (unpaired) electrons. The Morgan fingerprint density at radius 2 is 1.50 bits per heavy atom. The van der Waals surface area contributed by atoms with E-state index in [1.165, 1.54) is 19.4 Å². The molecule has 0 fully saturated rings. The fourth-order valence-electron chi connectivity index (χ4n) is 1.12. The number of nitrogens with zero attached hydrogens (tertiary/aromatic N) is 1. The van der Waals surface area contributed by atoms with E-state index in [0.29, 0.717) is 5.57 Å². The minimum atomic E-state index is -1.19. The number of allylic oxidation sites excluding steroid dienone is 3. The first-order chi connectivity index (χ1) is 11.1. The molecule has 0 aliphatic carbocycles. The molecule has 142 valence electrons. The number of hydrogen-bond donors (Lipinski definition) is 0. The highest BCUT2D eigenvalue weighted by Crippen LogP contribution is 2.16. The summed E-state index contributed by atoms with van der Waals surface area (Å²) in [5, 5.41) is 0. The molecule has 0 rings (SSSR count). The summed E-state index contributed by atoms with van der Waals surface area (Å²) in [5.74, 6) is 0. The standard InChI is InChI=1S/C12H21N.C6H11F.C2H6.C2H4/c1-6-9-13(12(5)8-3)10-11(4)7-2;1-5(2)6(3,4)7;2*1-2/h7-8H,3,5-6,9-10H2,1-2,4H3;1H2,2-4H3;1-2H3;1-2H2/b11-7+;;;. The van der Waals surface area contributed by atoms with Gasteiger partial charge in [-0.3, -0.25) is 0 Å². The Morgan fingerprint density at radius 1 is 1.12 bits per heavy atom. The van der Waals surface area contributed by atoms with Gasteiger partial charge in [-0.05, 0) is 52.7 Å². The molecule has 0 spiro atoms. The molecule has 0 amide bonds. The Bertz CT molecular complexity index is 359. The van der Waals surface area contributed by atoms with Gasteiger partial charge in [-0.2, -0.15) is 0 Å². The van der Waals surface area contributed by atoms with Crippen molar-refractivity contribution in [1.82, 2.24) is 4.90 Å². The van der Waals surface area contributed by atoms with Crippen LogP contribution in [0.3, 0.4) is 0 Å². The Morgan fingerprint density at radius 3 is 1.71 bits per heavy atom. The lowest BCUT2D eigenvalue weighted by molar-refractivity contribution is 0.269. The van der Waals surface area contributed by atoms with Crippen LogP contribution in [0.5, 0.6) is 0 Å². The first kappa shape index (κ1) is 30.3. The molecule has 0 saturated heterocycles. The predicted octanol–water partition coefficient (Wildman–Crippen LogP) is 7.50. The summed E-state index contributed by atoms with van der Waals surface area (Å²) in [6.07, 6.45) is 5.10. The Labute approximate surface area is 152 Å². The molecule has 0 aliphatic heterocycles. The number of rotatable bonds is 7. The molecule has 0 aliphatic rings. The van der Waals surface area contributed by atoms with Crippen LogP contribution < -0.4 is 0 Å². The highest BCUT2D eigenvalue weighted by molar-refractivity contribution is 5.13. The van der Waals surface area contributed by atoms with Gasteiger partial charge in [0.25, 0.3) is 0 Å². The normalized spacial score (nSPS) is 9.79. The molecule has 0 N–H and O–H groups in total. The largest absolute Gasteiger partial charge is 0.368 e. The van der Waals surface area contributed by atoms with Crippen molar-refractivity contribution < 1.29 is 4.39 Å². The van der Waals surface area contributed by atoms with E-state index in [0.717, 1.165) is 25.2 Å². The van der Waals surface area contributed by atoms with Crippen LogP contribution in [0, 0.1) is 0 Å². The molecule has 0 aromatic heterocycles. The molecular weight excluding hydrogens is 297 g/mol. The summed E-state index contributed by atoms with van der Waals surface area (Å²) >= 11 is 0. The lowest BCUT2D eigenvalue weighted by atomic mass is 10.0. The van der Waals surface area contributed by atoms with E-state index >= 15 is 0 Å². The second-order valence-corrected chi connectivity index (χ2v) is 5.50. The molecule has 2 heteroatoms. The van der Waals surface area contributed by atoms with Crippen molar-refractivity contribution in [2.24, 2.45) is 0 Å². The minimum absolute atomic E-state index is 0.576. The van der Waals surface area contributed by atoms with Crippen molar-refractivity contribution in [3.05, 3.63) is 61.9 Å². The van der Waals surface area contributed by atoms with Crippen LogP contribution in [0.1, 0.15) is 61.8 Å². The smallest absolute Gasteiger partial charge is 0.125 e. The molecule has 0 bridgehead atoms. The van der Waals surface area contributed by atoms with E-state index < -0.39 is 5.67 Å². The van der Waals surface area contributed by atoms with Gasteiger partial charge in [-0.15, -0.1) is 13.2 Å². The van der Waals surface area contributed by atoms with Gasteiger partial charge in [0.1, 0.15) is 5.67 Å². The van der Waals surface area contributed by atoms with Crippen molar-refractivity contribution in [2.75, 3.05) is 13.1 Å². The average Bonchev–Trinajstić information content (AvgIpc) is 2.56. The van der Waals surface area contributed by atoms with E-state index in [1.54, 1.807) is 6.92 Å². The maximum absolute atomic E-state index is 12.4. The van der Waals surface area contributed by atoms with E-state index in [4.69, 9.17) is 0 Å². The number of alkyl halides is 1. The lowest BCUT2D eigenvalue weighted by Gasteiger charge is -2.24. The fourth-order valence-corrected chi connectivity index (χ4v) is 1.12. The van der Waals surface area contributed by atoms with Crippen LogP contribution in [0.2, 0.25) is 0 Å². The van der Waals surface area contributed by atoms with E-state index in [-0.39, 0.29) is 0 Å². The van der Waals surface area contributed by atoms with Gasteiger partial charge in [0.2, 0.25) is 0 Å². The zero-order valence-corrected chi connectivity index (χ0v) is 17.6. The Balaban J connectivity index is -0.000000153. The topological polar surface area (TPSA) is 3.24 Å². The summed E-state index contributed by atoms with van der Waals surface area (Å²) in [7, 11) is 0. The third kappa shape index (κ3) is 20.4. The average molecular weight is 340 g/mol. The van der Waals surface area contributed by atoms with E-state index in [1.807, 2.05) is 19.9 Å². The minimum Gasteiger partial charge on any atom is -0.368 e. The monoisotopic (exact) mass is 339 g/mol. The molecule has 0 unspecified atom stereocenters.